The lowest BCUT2D eigenvalue weighted by molar-refractivity contribution is -0.123. The van der Waals surface area contributed by atoms with Crippen LogP contribution < -0.4 is 10.2 Å². The van der Waals surface area contributed by atoms with Crippen LogP contribution in [0.4, 0.5) is 5.69 Å². The first kappa shape index (κ1) is 17.6. The van der Waals surface area contributed by atoms with Crippen LogP contribution in [-0.2, 0) is 4.79 Å². The van der Waals surface area contributed by atoms with Crippen molar-refractivity contribution in [2.75, 3.05) is 37.6 Å². The van der Waals surface area contributed by atoms with Crippen molar-refractivity contribution in [3.8, 4) is 0 Å². The molecule has 1 aromatic rings. The molecule has 5 heteroatoms. The molecule has 0 radical (unpaired) electrons. The van der Waals surface area contributed by atoms with Gasteiger partial charge in [-0.15, -0.1) is 0 Å². The summed E-state index contributed by atoms with van der Waals surface area (Å²) in [7, 11) is 0. The van der Waals surface area contributed by atoms with Crippen LogP contribution in [0, 0.1) is 6.92 Å². The maximum absolute atomic E-state index is 12.2. The van der Waals surface area contributed by atoms with Gasteiger partial charge in [0, 0.05) is 42.9 Å². The molecule has 0 aromatic heterocycles. The third-order valence-corrected chi connectivity index (χ3v) is 5.46. The van der Waals surface area contributed by atoms with Crippen LogP contribution in [0.1, 0.15) is 37.7 Å². The number of hydrogen-bond acceptors (Lipinski definition) is 3. The summed E-state index contributed by atoms with van der Waals surface area (Å²) in [6.45, 7) is 6.37. The van der Waals surface area contributed by atoms with Crippen molar-refractivity contribution >= 4 is 23.2 Å². The van der Waals surface area contributed by atoms with Crippen molar-refractivity contribution in [2.24, 2.45) is 0 Å². The lowest BCUT2D eigenvalue weighted by Gasteiger charge is -2.36. The monoisotopic (exact) mass is 349 g/mol. The average molecular weight is 350 g/mol. The Morgan fingerprint density at radius 3 is 2.58 bits per heavy atom. The van der Waals surface area contributed by atoms with Gasteiger partial charge in [-0.2, -0.15) is 0 Å². The molecule has 24 heavy (non-hydrogen) atoms. The zero-order chi connectivity index (χ0) is 16.9. The molecule has 3 rings (SSSR count). The number of piperazine rings is 1. The summed E-state index contributed by atoms with van der Waals surface area (Å²) >= 11 is 6.14. The predicted molar refractivity (Wildman–Crippen MR) is 99.9 cm³/mol. The number of amides is 1. The van der Waals surface area contributed by atoms with Crippen molar-refractivity contribution in [1.29, 1.82) is 0 Å². The molecule has 1 amide bonds. The minimum absolute atomic E-state index is 0.189. The summed E-state index contributed by atoms with van der Waals surface area (Å²) in [6.07, 6.45) is 6.11. The highest BCUT2D eigenvalue weighted by atomic mass is 35.5. The Morgan fingerprint density at radius 2 is 1.88 bits per heavy atom. The molecule has 1 saturated heterocycles. The molecule has 4 nitrogen and oxygen atoms in total. The van der Waals surface area contributed by atoms with E-state index in [0.717, 1.165) is 44.0 Å². The number of halogens is 1. The van der Waals surface area contributed by atoms with E-state index in [-0.39, 0.29) is 5.91 Å². The lowest BCUT2D eigenvalue weighted by Crippen LogP contribution is -2.50. The molecule has 0 bridgehead atoms. The first-order valence-electron chi connectivity index (χ1n) is 9.14. The summed E-state index contributed by atoms with van der Waals surface area (Å²) in [6, 6.07) is 6.46. The van der Waals surface area contributed by atoms with Gasteiger partial charge in [-0.3, -0.25) is 9.69 Å². The Kier molecular flexibility index (Phi) is 6.01. The quantitative estimate of drug-likeness (QED) is 0.906. The molecule has 0 atom stereocenters. The Hall–Kier alpha value is -1.26. The maximum Gasteiger partial charge on any atom is 0.234 e. The van der Waals surface area contributed by atoms with E-state index < -0.39 is 0 Å². The van der Waals surface area contributed by atoms with Crippen molar-refractivity contribution < 1.29 is 4.79 Å². The Labute approximate surface area is 150 Å². The van der Waals surface area contributed by atoms with Gasteiger partial charge in [0.2, 0.25) is 5.91 Å². The number of nitrogens with one attached hydrogen (secondary N) is 1. The largest absolute Gasteiger partial charge is 0.369 e. The van der Waals surface area contributed by atoms with Gasteiger partial charge in [0.1, 0.15) is 0 Å². The molecule has 2 fully saturated rings. The van der Waals surface area contributed by atoms with E-state index >= 15 is 0 Å². The van der Waals surface area contributed by atoms with Crippen LogP contribution in [0.2, 0.25) is 5.02 Å². The first-order chi connectivity index (χ1) is 11.6. The second kappa shape index (κ2) is 8.21. The maximum atomic E-state index is 12.2. The number of carbonyl (C=O) groups excluding carboxylic acids is 1. The van der Waals surface area contributed by atoms with Crippen LogP contribution >= 0.6 is 11.6 Å². The standard InChI is InChI=1S/C19H28ClN3O/c1-15-7-8-16(20)13-18(15)23-11-9-22(10-12-23)14-19(24)21-17-5-3-2-4-6-17/h7-8,13,17H,2-6,9-12,14H2,1H3,(H,21,24). The Bertz CT molecular complexity index is 564. The minimum atomic E-state index is 0.189. The van der Waals surface area contributed by atoms with E-state index in [9.17, 15) is 4.79 Å². The van der Waals surface area contributed by atoms with Gasteiger partial charge in [0.15, 0.2) is 0 Å². The average Bonchev–Trinajstić information content (AvgIpc) is 2.59. The number of aryl methyl sites for hydroxylation is 1. The summed E-state index contributed by atoms with van der Waals surface area (Å²) in [5, 5.41) is 4.00. The van der Waals surface area contributed by atoms with Crippen molar-refractivity contribution in [3.63, 3.8) is 0 Å². The lowest BCUT2D eigenvalue weighted by atomic mass is 9.95. The fraction of sp³-hybridized carbons (Fsp3) is 0.632. The topological polar surface area (TPSA) is 35.6 Å². The van der Waals surface area contributed by atoms with Crippen LogP contribution in [-0.4, -0.2) is 49.6 Å². The molecule has 0 unspecified atom stereocenters. The molecule has 0 spiro atoms. The number of hydrogen-bond donors (Lipinski definition) is 1. The third kappa shape index (κ3) is 4.64. The number of carbonyl (C=O) groups is 1. The van der Waals surface area contributed by atoms with Gasteiger partial charge in [-0.25, -0.2) is 0 Å². The number of benzene rings is 1. The van der Waals surface area contributed by atoms with E-state index in [1.54, 1.807) is 0 Å². The Morgan fingerprint density at radius 1 is 1.17 bits per heavy atom. The second-order valence-electron chi connectivity index (χ2n) is 7.10. The van der Waals surface area contributed by atoms with Crippen LogP contribution in [0.3, 0.4) is 0 Å². The Balaban J connectivity index is 1.46. The van der Waals surface area contributed by atoms with E-state index in [0.29, 0.717) is 12.6 Å². The van der Waals surface area contributed by atoms with Crippen LogP contribution in [0.15, 0.2) is 18.2 Å². The van der Waals surface area contributed by atoms with Gasteiger partial charge >= 0.3 is 0 Å². The van der Waals surface area contributed by atoms with Crippen molar-refractivity contribution in [2.45, 2.75) is 45.1 Å². The normalized spacial score (nSPS) is 20.2. The smallest absolute Gasteiger partial charge is 0.234 e. The zero-order valence-electron chi connectivity index (χ0n) is 14.6. The molecule has 1 aliphatic heterocycles. The van der Waals surface area contributed by atoms with E-state index in [1.807, 2.05) is 12.1 Å². The minimum Gasteiger partial charge on any atom is -0.369 e. The molecular weight excluding hydrogens is 322 g/mol. The van der Waals surface area contributed by atoms with Crippen molar-refractivity contribution in [1.82, 2.24) is 10.2 Å². The number of anilines is 1. The summed E-state index contributed by atoms with van der Waals surface area (Å²) < 4.78 is 0. The van der Waals surface area contributed by atoms with Crippen LogP contribution in [0.5, 0.6) is 0 Å². The number of rotatable bonds is 4. The second-order valence-corrected chi connectivity index (χ2v) is 7.53. The molecule has 132 valence electrons. The van der Waals surface area contributed by atoms with E-state index in [4.69, 9.17) is 11.6 Å². The molecular formula is C19H28ClN3O. The molecule has 1 heterocycles. The van der Waals surface area contributed by atoms with Gasteiger partial charge in [-0.05, 0) is 37.5 Å². The SMILES string of the molecule is Cc1ccc(Cl)cc1N1CCN(CC(=O)NC2CCCCC2)CC1. The van der Waals surface area contributed by atoms with Crippen LogP contribution in [0.25, 0.3) is 0 Å². The first-order valence-corrected chi connectivity index (χ1v) is 9.52. The zero-order valence-corrected chi connectivity index (χ0v) is 15.3. The molecule has 1 aromatic carbocycles. The molecule has 1 aliphatic carbocycles. The van der Waals surface area contributed by atoms with Gasteiger partial charge in [0.05, 0.1) is 6.54 Å². The van der Waals surface area contributed by atoms with E-state index in [2.05, 4.69) is 28.1 Å². The highest BCUT2D eigenvalue weighted by Crippen LogP contribution is 2.25. The van der Waals surface area contributed by atoms with Gasteiger partial charge < -0.3 is 10.2 Å². The van der Waals surface area contributed by atoms with Crippen molar-refractivity contribution in [3.05, 3.63) is 28.8 Å². The number of nitrogens with zero attached hydrogens (tertiary/aromatic N) is 2. The third-order valence-electron chi connectivity index (χ3n) is 5.22. The summed E-state index contributed by atoms with van der Waals surface area (Å²) in [4.78, 5) is 16.9. The highest BCUT2D eigenvalue weighted by Gasteiger charge is 2.22. The van der Waals surface area contributed by atoms with Gasteiger partial charge in [0.25, 0.3) is 0 Å². The van der Waals surface area contributed by atoms with E-state index in [1.165, 1.54) is 30.5 Å². The predicted octanol–water partition coefficient (Wildman–Crippen LogP) is 3.22. The fourth-order valence-electron chi connectivity index (χ4n) is 3.79. The summed E-state index contributed by atoms with van der Waals surface area (Å²) in [5.41, 5.74) is 2.47. The van der Waals surface area contributed by atoms with Gasteiger partial charge in [-0.1, -0.05) is 36.9 Å². The molecule has 1 saturated carbocycles. The fourth-order valence-corrected chi connectivity index (χ4v) is 3.96. The molecule has 1 N–H and O–H groups in total. The highest BCUT2D eigenvalue weighted by molar-refractivity contribution is 6.30. The summed E-state index contributed by atoms with van der Waals surface area (Å²) in [5.74, 6) is 0.189. The molecule has 2 aliphatic rings.